The average Bonchev–Trinajstić information content (AvgIpc) is 1.84. The summed E-state index contributed by atoms with van der Waals surface area (Å²) < 4.78 is 0. The van der Waals surface area contributed by atoms with E-state index in [0.29, 0.717) is 19.6 Å². The monoisotopic (exact) mass is 178 g/mol. The molecular formula is C8H20NO3+. The first-order valence-corrected chi connectivity index (χ1v) is 4.36. The van der Waals surface area contributed by atoms with Gasteiger partial charge < -0.3 is 20.2 Å². The van der Waals surface area contributed by atoms with E-state index < -0.39 is 0 Å². The van der Waals surface area contributed by atoms with E-state index in [9.17, 15) is 0 Å². The van der Waals surface area contributed by atoms with Crippen LogP contribution in [-0.4, -0.2) is 53.8 Å². The maximum absolute atomic E-state index is 9.08. The van der Waals surface area contributed by atoms with Crippen LogP contribution in [0, 0.1) is 0 Å². The topological polar surface area (TPSA) is 65.1 Å². The van der Waals surface area contributed by atoms with Crippen LogP contribution in [0.1, 0.15) is 13.8 Å². The van der Waals surface area contributed by atoms with Crippen LogP contribution < -0.4 is 4.90 Å². The van der Waals surface area contributed by atoms with Gasteiger partial charge >= 0.3 is 0 Å². The Morgan fingerprint density at radius 3 is 1.75 bits per heavy atom. The van der Waals surface area contributed by atoms with Crippen molar-refractivity contribution in [3.63, 3.8) is 0 Å². The van der Waals surface area contributed by atoms with Gasteiger partial charge in [0, 0.05) is 0 Å². The van der Waals surface area contributed by atoms with Gasteiger partial charge in [0.15, 0.2) is 0 Å². The zero-order valence-electron chi connectivity index (χ0n) is 7.82. The number of hydrogen-bond acceptors (Lipinski definition) is 3. The number of rotatable bonds is 6. The Morgan fingerprint density at radius 1 is 1.08 bits per heavy atom. The zero-order chi connectivity index (χ0) is 9.56. The van der Waals surface area contributed by atoms with Gasteiger partial charge in [-0.3, -0.25) is 0 Å². The van der Waals surface area contributed by atoms with E-state index in [2.05, 4.69) is 0 Å². The Hall–Kier alpha value is -0.160. The molecule has 74 valence electrons. The van der Waals surface area contributed by atoms with Gasteiger partial charge in [-0.1, -0.05) is 0 Å². The van der Waals surface area contributed by atoms with E-state index in [1.807, 2.05) is 0 Å². The molecule has 0 rings (SSSR count). The number of aliphatic hydroxyl groups excluding tert-OH is 3. The summed E-state index contributed by atoms with van der Waals surface area (Å²) in [7, 11) is 0. The van der Waals surface area contributed by atoms with Crippen molar-refractivity contribution in [3.05, 3.63) is 0 Å². The molecule has 0 aromatic carbocycles. The molecule has 0 aromatic rings. The van der Waals surface area contributed by atoms with Crippen molar-refractivity contribution in [3.8, 4) is 0 Å². The third-order valence-electron chi connectivity index (χ3n) is 1.63. The number of nitrogens with one attached hydrogen (secondary N) is 1. The smallest absolute Gasteiger partial charge is 0.103 e. The second-order valence-corrected chi connectivity index (χ2v) is 3.33. The average molecular weight is 178 g/mol. The summed E-state index contributed by atoms with van der Waals surface area (Å²) in [4.78, 5) is 1.03. The molecule has 12 heavy (non-hydrogen) atoms. The molecule has 0 saturated carbocycles. The van der Waals surface area contributed by atoms with Crippen molar-refractivity contribution in [1.82, 2.24) is 0 Å². The molecule has 0 fully saturated rings. The molecule has 0 spiro atoms. The van der Waals surface area contributed by atoms with Crippen LogP contribution in [0.2, 0.25) is 0 Å². The molecule has 0 amide bonds. The quantitative estimate of drug-likeness (QED) is 0.367. The van der Waals surface area contributed by atoms with Gasteiger partial charge in [0.2, 0.25) is 0 Å². The van der Waals surface area contributed by atoms with Gasteiger partial charge in [-0.05, 0) is 13.8 Å². The normalized spacial score (nSPS) is 16.5. The van der Waals surface area contributed by atoms with Crippen LogP contribution in [0.15, 0.2) is 0 Å². The summed E-state index contributed by atoms with van der Waals surface area (Å²) in [6.45, 7) is 5.24. The van der Waals surface area contributed by atoms with Crippen molar-refractivity contribution in [2.45, 2.75) is 26.1 Å². The van der Waals surface area contributed by atoms with E-state index in [0.717, 1.165) is 4.90 Å². The molecule has 0 heterocycles. The van der Waals surface area contributed by atoms with Gasteiger partial charge in [0.25, 0.3) is 0 Å². The zero-order valence-corrected chi connectivity index (χ0v) is 7.82. The van der Waals surface area contributed by atoms with Gasteiger partial charge in [-0.2, -0.15) is 0 Å². The molecule has 4 nitrogen and oxygen atoms in total. The Bertz CT molecular complexity index is 96.5. The molecule has 0 radical (unpaired) electrons. The molecule has 0 bridgehead atoms. The predicted molar refractivity (Wildman–Crippen MR) is 46.0 cm³/mol. The minimum Gasteiger partial charge on any atom is -0.391 e. The van der Waals surface area contributed by atoms with E-state index in [-0.39, 0.29) is 18.8 Å². The van der Waals surface area contributed by atoms with Crippen LogP contribution >= 0.6 is 0 Å². The largest absolute Gasteiger partial charge is 0.391 e. The standard InChI is InChI=1S/C8H19NO3/c1-7(11)5-9(3-4-10)6-8(2)12/h7-8,10-12H,3-6H2,1-2H3/p+1/t7-,8-/m0/s1. The predicted octanol–water partition coefficient (Wildman–Crippen LogP) is -2.37. The minimum atomic E-state index is -0.384. The van der Waals surface area contributed by atoms with Crippen molar-refractivity contribution in [2.75, 3.05) is 26.2 Å². The Morgan fingerprint density at radius 2 is 1.50 bits per heavy atom. The second kappa shape index (κ2) is 6.37. The highest BCUT2D eigenvalue weighted by Crippen LogP contribution is 1.74. The highest BCUT2D eigenvalue weighted by atomic mass is 16.3. The molecule has 0 aliphatic carbocycles. The molecule has 4 N–H and O–H groups in total. The lowest BCUT2D eigenvalue weighted by molar-refractivity contribution is -0.906. The Kier molecular flexibility index (Phi) is 6.28. The number of quaternary nitrogens is 1. The summed E-state index contributed by atoms with van der Waals surface area (Å²) in [6, 6.07) is 0. The van der Waals surface area contributed by atoms with Gasteiger partial charge in [0.05, 0.1) is 6.61 Å². The molecule has 0 aliphatic heterocycles. The lowest BCUT2D eigenvalue weighted by atomic mass is 10.3. The molecule has 0 aliphatic rings. The Balaban J connectivity index is 3.69. The van der Waals surface area contributed by atoms with Gasteiger partial charge in [0.1, 0.15) is 31.8 Å². The van der Waals surface area contributed by atoms with Crippen LogP contribution in [-0.2, 0) is 0 Å². The van der Waals surface area contributed by atoms with E-state index in [4.69, 9.17) is 15.3 Å². The number of hydrogen-bond donors (Lipinski definition) is 4. The first kappa shape index (κ1) is 11.8. The van der Waals surface area contributed by atoms with E-state index >= 15 is 0 Å². The summed E-state index contributed by atoms with van der Waals surface area (Å²) in [5, 5.41) is 26.8. The van der Waals surface area contributed by atoms with E-state index in [1.54, 1.807) is 13.8 Å². The van der Waals surface area contributed by atoms with Crippen molar-refractivity contribution in [2.24, 2.45) is 0 Å². The highest BCUT2D eigenvalue weighted by molar-refractivity contribution is 4.44. The molecule has 0 saturated heterocycles. The highest BCUT2D eigenvalue weighted by Gasteiger charge is 2.13. The van der Waals surface area contributed by atoms with Crippen molar-refractivity contribution >= 4 is 0 Å². The molecule has 4 heteroatoms. The van der Waals surface area contributed by atoms with Crippen molar-refractivity contribution < 1.29 is 20.2 Å². The first-order chi connectivity index (χ1) is 5.56. The first-order valence-electron chi connectivity index (χ1n) is 4.36. The molecular weight excluding hydrogens is 158 g/mol. The van der Waals surface area contributed by atoms with Gasteiger partial charge in [-0.15, -0.1) is 0 Å². The third-order valence-corrected chi connectivity index (χ3v) is 1.63. The van der Waals surface area contributed by atoms with Crippen LogP contribution in [0.5, 0.6) is 0 Å². The summed E-state index contributed by atoms with van der Waals surface area (Å²) >= 11 is 0. The minimum absolute atomic E-state index is 0.0920. The van der Waals surface area contributed by atoms with E-state index in [1.165, 1.54) is 0 Å². The molecule has 0 unspecified atom stereocenters. The summed E-state index contributed by atoms with van der Waals surface area (Å²) in [5.74, 6) is 0. The molecule has 2 atom stereocenters. The van der Waals surface area contributed by atoms with Gasteiger partial charge in [-0.25, -0.2) is 0 Å². The maximum Gasteiger partial charge on any atom is 0.103 e. The van der Waals surface area contributed by atoms with Crippen molar-refractivity contribution in [1.29, 1.82) is 0 Å². The van der Waals surface area contributed by atoms with Crippen LogP contribution in [0.4, 0.5) is 0 Å². The Labute approximate surface area is 73.4 Å². The fourth-order valence-electron chi connectivity index (χ4n) is 1.28. The second-order valence-electron chi connectivity index (χ2n) is 3.33. The summed E-state index contributed by atoms with van der Waals surface area (Å²) in [6.07, 6.45) is -0.768. The van der Waals surface area contributed by atoms with Crippen LogP contribution in [0.3, 0.4) is 0 Å². The lowest BCUT2D eigenvalue weighted by Crippen LogP contribution is -3.14. The fourth-order valence-corrected chi connectivity index (χ4v) is 1.28. The van der Waals surface area contributed by atoms with Crippen LogP contribution in [0.25, 0.3) is 0 Å². The fraction of sp³-hybridized carbons (Fsp3) is 1.00. The SMILES string of the molecule is C[C@H](O)C[NH+](CCO)C[C@H](C)O. The lowest BCUT2D eigenvalue weighted by Gasteiger charge is -2.20. The third kappa shape index (κ3) is 6.54. The maximum atomic E-state index is 9.08. The summed E-state index contributed by atoms with van der Waals surface area (Å²) in [5.41, 5.74) is 0. The molecule has 0 aromatic heterocycles. The number of aliphatic hydroxyl groups is 3.